The molecule has 33 heavy (non-hydrogen) atoms. The summed E-state index contributed by atoms with van der Waals surface area (Å²) in [5, 5.41) is 7.66. The highest BCUT2D eigenvalue weighted by Gasteiger charge is 2.31. The number of benzene rings is 1. The first-order chi connectivity index (χ1) is 15.6. The van der Waals surface area contributed by atoms with E-state index in [4.69, 9.17) is 9.47 Å². The molecule has 0 fully saturated rings. The molecule has 0 aliphatic carbocycles. The maximum atomic E-state index is 13.2. The van der Waals surface area contributed by atoms with E-state index >= 15 is 0 Å². The van der Waals surface area contributed by atoms with Crippen molar-refractivity contribution in [2.24, 2.45) is 7.05 Å². The van der Waals surface area contributed by atoms with Crippen LogP contribution in [0.2, 0.25) is 0 Å². The molecule has 178 valence electrons. The zero-order valence-corrected chi connectivity index (χ0v) is 19.3. The molecule has 0 saturated carbocycles. The highest BCUT2D eigenvalue weighted by atomic mass is 19.4. The molecular formula is C23H27F3N4O3. The number of hydrogen-bond acceptors (Lipinski definition) is 5. The van der Waals surface area contributed by atoms with Gasteiger partial charge in [0.2, 0.25) is 11.8 Å². The van der Waals surface area contributed by atoms with Crippen LogP contribution < -0.4 is 14.8 Å². The third-order valence-corrected chi connectivity index (χ3v) is 5.36. The molecule has 2 heterocycles. The Morgan fingerprint density at radius 3 is 2.61 bits per heavy atom. The van der Waals surface area contributed by atoms with Crippen molar-refractivity contribution in [3.05, 3.63) is 40.6 Å². The number of nitrogens with one attached hydrogen (secondary N) is 1. The van der Waals surface area contributed by atoms with Crippen molar-refractivity contribution in [2.45, 2.75) is 46.2 Å². The SMILES string of the molecule is CCCOc1ccc(C(F)(F)F)cc1NC(=O)CCc1c(C)nc2c(c(OC)nn2C)c1C. The van der Waals surface area contributed by atoms with Crippen LogP contribution in [0.1, 0.15) is 42.1 Å². The van der Waals surface area contributed by atoms with Gasteiger partial charge in [-0.3, -0.25) is 4.79 Å². The van der Waals surface area contributed by atoms with Gasteiger partial charge in [0.05, 0.1) is 30.4 Å². The number of aryl methyl sites for hydroxylation is 3. The van der Waals surface area contributed by atoms with Gasteiger partial charge in [-0.2, -0.15) is 13.2 Å². The molecule has 3 aromatic rings. The Labute approximate surface area is 189 Å². The summed E-state index contributed by atoms with van der Waals surface area (Å²) in [5.41, 5.74) is 2.35. The van der Waals surface area contributed by atoms with E-state index in [0.29, 0.717) is 31.0 Å². The molecule has 1 N–H and O–H groups in total. The molecule has 2 aromatic heterocycles. The van der Waals surface area contributed by atoms with Crippen LogP contribution in [0.15, 0.2) is 18.2 Å². The van der Waals surface area contributed by atoms with E-state index in [1.165, 1.54) is 13.2 Å². The minimum Gasteiger partial charge on any atom is -0.491 e. The van der Waals surface area contributed by atoms with E-state index in [-0.39, 0.29) is 17.9 Å². The van der Waals surface area contributed by atoms with Crippen LogP contribution in [0.25, 0.3) is 11.0 Å². The normalized spacial score (nSPS) is 11.6. The Hall–Kier alpha value is -3.30. The lowest BCUT2D eigenvalue weighted by Crippen LogP contribution is -2.15. The number of rotatable bonds is 8. The minimum absolute atomic E-state index is 0.000718. The number of fused-ring (bicyclic) bond motifs is 1. The van der Waals surface area contributed by atoms with Gasteiger partial charge in [0.15, 0.2) is 5.65 Å². The predicted molar refractivity (Wildman–Crippen MR) is 119 cm³/mol. The zero-order chi connectivity index (χ0) is 24.3. The lowest BCUT2D eigenvalue weighted by Gasteiger charge is -2.16. The molecule has 1 amide bonds. The molecule has 0 spiro atoms. The molecular weight excluding hydrogens is 437 g/mol. The van der Waals surface area contributed by atoms with Crippen molar-refractivity contribution < 1.29 is 27.4 Å². The van der Waals surface area contributed by atoms with Gasteiger partial charge in [-0.05, 0) is 56.0 Å². The van der Waals surface area contributed by atoms with Gasteiger partial charge in [-0.25, -0.2) is 9.67 Å². The zero-order valence-electron chi connectivity index (χ0n) is 19.3. The van der Waals surface area contributed by atoms with Crippen LogP contribution in [0.4, 0.5) is 18.9 Å². The fraction of sp³-hybridized carbons (Fsp3) is 0.435. The Morgan fingerprint density at radius 2 is 1.97 bits per heavy atom. The number of alkyl halides is 3. The Kier molecular flexibility index (Phi) is 7.14. The molecule has 0 radical (unpaired) electrons. The number of pyridine rings is 1. The molecule has 10 heteroatoms. The number of carbonyl (C=O) groups is 1. The van der Waals surface area contributed by atoms with Crippen molar-refractivity contribution in [1.29, 1.82) is 0 Å². The highest BCUT2D eigenvalue weighted by molar-refractivity contribution is 5.93. The van der Waals surface area contributed by atoms with Crippen molar-refractivity contribution >= 4 is 22.6 Å². The first-order valence-corrected chi connectivity index (χ1v) is 10.6. The quantitative estimate of drug-likeness (QED) is 0.509. The second-order valence-electron chi connectivity index (χ2n) is 7.74. The molecule has 0 bridgehead atoms. The van der Waals surface area contributed by atoms with Gasteiger partial charge in [-0.1, -0.05) is 6.92 Å². The predicted octanol–water partition coefficient (Wildman–Crippen LogP) is 4.97. The first-order valence-electron chi connectivity index (χ1n) is 10.6. The molecule has 0 saturated heterocycles. The van der Waals surface area contributed by atoms with Crippen LogP contribution in [-0.4, -0.2) is 34.4 Å². The van der Waals surface area contributed by atoms with Gasteiger partial charge < -0.3 is 14.8 Å². The van der Waals surface area contributed by atoms with E-state index in [9.17, 15) is 18.0 Å². The van der Waals surface area contributed by atoms with Crippen LogP contribution in [0.5, 0.6) is 11.6 Å². The summed E-state index contributed by atoms with van der Waals surface area (Å²) in [5.74, 6) is 0.228. The van der Waals surface area contributed by atoms with Crippen molar-refractivity contribution in [3.63, 3.8) is 0 Å². The summed E-state index contributed by atoms with van der Waals surface area (Å²) in [7, 11) is 3.30. The number of aromatic nitrogens is 3. The largest absolute Gasteiger partial charge is 0.491 e. The summed E-state index contributed by atoms with van der Waals surface area (Å²) in [6.45, 7) is 5.97. The molecule has 3 rings (SSSR count). The molecule has 7 nitrogen and oxygen atoms in total. The van der Waals surface area contributed by atoms with Gasteiger partial charge in [0.25, 0.3) is 0 Å². The van der Waals surface area contributed by atoms with Crippen LogP contribution in [0, 0.1) is 13.8 Å². The summed E-state index contributed by atoms with van der Waals surface area (Å²) in [6, 6.07) is 3.07. The number of nitrogens with zero attached hydrogens (tertiary/aromatic N) is 3. The minimum atomic E-state index is -4.53. The fourth-order valence-corrected chi connectivity index (χ4v) is 3.70. The number of anilines is 1. The van der Waals surface area contributed by atoms with Gasteiger partial charge >= 0.3 is 6.18 Å². The number of carbonyl (C=O) groups excluding carboxylic acids is 1. The Bertz CT molecular complexity index is 1170. The van der Waals surface area contributed by atoms with E-state index < -0.39 is 17.6 Å². The maximum Gasteiger partial charge on any atom is 0.416 e. The number of amides is 1. The van der Waals surface area contributed by atoms with Crippen molar-refractivity contribution in [1.82, 2.24) is 14.8 Å². The first kappa shape index (κ1) is 24.3. The molecule has 0 atom stereocenters. The molecule has 0 unspecified atom stereocenters. The van der Waals surface area contributed by atoms with Gasteiger partial charge in [0, 0.05) is 19.2 Å². The lowest BCUT2D eigenvalue weighted by atomic mass is 10.00. The van der Waals surface area contributed by atoms with Gasteiger partial charge in [-0.15, -0.1) is 5.10 Å². The second-order valence-corrected chi connectivity index (χ2v) is 7.74. The number of hydrogen-bond donors (Lipinski definition) is 1. The molecule has 0 aliphatic rings. The summed E-state index contributed by atoms with van der Waals surface area (Å²) >= 11 is 0. The van der Waals surface area contributed by atoms with E-state index in [1.54, 1.807) is 11.7 Å². The van der Waals surface area contributed by atoms with Crippen LogP contribution >= 0.6 is 0 Å². The van der Waals surface area contributed by atoms with Crippen LogP contribution in [-0.2, 0) is 24.4 Å². The summed E-state index contributed by atoms with van der Waals surface area (Å²) in [4.78, 5) is 17.3. The molecule has 1 aromatic carbocycles. The summed E-state index contributed by atoms with van der Waals surface area (Å²) < 4.78 is 52.0. The third kappa shape index (κ3) is 5.20. The average molecular weight is 464 g/mol. The second kappa shape index (κ2) is 9.68. The topological polar surface area (TPSA) is 78.3 Å². The average Bonchev–Trinajstić information content (AvgIpc) is 3.07. The van der Waals surface area contributed by atoms with E-state index in [0.717, 1.165) is 34.3 Å². The number of methoxy groups -OCH3 is 1. The summed E-state index contributed by atoms with van der Waals surface area (Å²) in [6.07, 6.45) is -3.43. The van der Waals surface area contributed by atoms with Crippen molar-refractivity contribution in [2.75, 3.05) is 19.0 Å². The van der Waals surface area contributed by atoms with Crippen molar-refractivity contribution in [3.8, 4) is 11.6 Å². The number of ether oxygens (including phenoxy) is 2. The smallest absolute Gasteiger partial charge is 0.416 e. The molecule has 0 aliphatic heterocycles. The Morgan fingerprint density at radius 1 is 1.24 bits per heavy atom. The standard InChI is InChI=1S/C23H27F3N4O3/c1-6-11-33-18-9-7-15(23(24,25)26)12-17(18)28-19(31)10-8-16-13(2)20-21(27-14(16)3)30(4)29-22(20)32-5/h7,9,12H,6,8,10-11H2,1-5H3,(H,28,31). The van der Waals surface area contributed by atoms with E-state index in [2.05, 4.69) is 15.4 Å². The maximum absolute atomic E-state index is 13.2. The third-order valence-electron chi connectivity index (χ3n) is 5.36. The van der Waals surface area contributed by atoms with E-state index in [1.807, 2.05) is 20.8 Å². The van der Waals surface area contributed by atoms with Gasteiger partial charge in [0.1, 0.15) is 5.75 Å². The number of halogens is 3. The fourth-order valence-electron chi connectivity index (χ4n) is 3.70. The van der Waals surface area contributed by atoms with Crippen LogP contribution in [0.3, 0.4) is 0 Å². The highest BCUT2D eigenvalue weighted by Crippen LogP contribution is 2.35. The Balaban J connectivity index is 1.82. The monoisotopic (exact) mass is 464 g/mol. The lowest BCUT2D eigenvalue weighted by molar-refractivity contribution is -0.137.